The number of amides is 1. The van der Waals surface area contributed by atoms with Crippen molar-refractivity contribution in [3.8, 4) is 5.75 Å². The van der Waals surface area contributed by atoms with E-state index in [0.29, 0.717) is 12.0 Å². The van der Waals surface area contributed by atoms with Crippen LogP contribution in [0.4, 0.5) is 0 Å². The first kappa shape index (κ1) is 15.7. The lowest BCUT2D eigenvalue weighted by molar-refractivity contribution is -0.121. The Labute approximate surface area is 122 Å². The summed E-state index contributed by atoms with van der Waals surface area (Å²) in [5.41, 5.74) is 3.01. The van der Waals surface area contributed by atoms with Crippen LogP contribution in [0.5, 0.6) is 5.75 Å². The Morgan fingerprint density at radius 2 is 2.21 bits per heavy atom. The molecule has 1 aromatic rings. The molecule has 0 aliphatic heterocycles. The van der Waals surface area contributed by atoms with Crippen molar-refractivity contribution in [2.45, 2.75) is 39.0 Å². The highest BCUT2D eigenvalue weighted by Gasteiger charge is 2.00. The minimum Gasteiger partial charge on any atom is -0.507 e. The maximum absolute atomic E-state index is 11.5. The van der Waals surface area contributed by atoms with Crippen LogP contribution in [-0.2, 0) is 4.79 Å². The van der Waals surface area contributed by atoms with E-state index >= 15 is 0 Å². The maximum atomic E-state index is 11.5. The first-order valence-corrected chi connectivity index (χ1v) is 7.23. The highest BCUT2D eigenvalue weighted by atomic mass is 79.9. The Morgan fingerprint density at radius 1 is 1.42 bits per heavy atom. The molecule has 0 aliphatic rings. The van der Waals surface area contributed by atoms with Gasteiger partial charge in [-0.3, -0.25) is 4.79 Å². The third kappa shape index (κ3) is 6.38. The molecule has 0 heterocycles. The molecule has 0 aliphatic carbocycles. The normalized spacial score (nSPS) is 10.8. The predicted octanol–water partition coefficient (Wildman–Crippen LogP) is 3.58. The van der Waals surface area contributed by atoms with Crippen molar-refractivity contribution >= 4 is 28.1 Å². The molecule has 19 heavy (non-hydrogen) atoms. The predicted molar refractivity (Wildman–Crippen MR) is 80.3 cm³/mol. The molecule has 0 radical (unpaired) electrons. The number of phenols is 1. The van der Waals surface area contributed by atoms with Crippen molar-refractivity contribution in [3.05, 3.63) is 28.2 Å². The number of hydrogen-bond acceptors (Lipinski definition) is 3. The fourth-order valence-corrected chi connectivity index (χ4v) is 1.95. The molecule has 1 rings (SSSR count). The Balaban J connectivity index is 2.36. The van der Waals surface area contributed by atoms with Gasteiger partial charge in [0.05, 0.1) is 6.21 Å². The van der Waals surface area contributed by atoms with E-state index in [1.54, 1.807) is 18.2 Å². The van der Waals surface area contributed by atoms with Crippen LogP contribution in [-0.4, -0.2) is 17.2 Å². The molecule has 5 heteroatoms. The van der Waals surface area contributed by atoms with E-state index in [9.17, 15) is 9.90 Å². The fraction of sp³-hybridized carbons (Fsp3) is 0.429. The zero-order valence-electron chi connectivity index (χ0n) is 11.0. The second kappa shape index (κ2) is 8.69. The monoisotopic (exact) mass is 326 g/mol. The summed E-state index contributed by atoms with van der Waals surface area (Å²) >= 11 is 3.31. The Bertz CT molecular complexity index is 447. The van der Waals surface area contributed by atoms with Gasteiger partial charge >= 0.3 is 0 Å². The zero-order chi connectivity index (χ0) is 14.1. The summed E-state index contributed by atoms with van der Waals surface area (Å²) in [6, 6.07) is 5.03. The summed E-state index contributed by atoms with van der Waals surface area (Å²) in [4.78, 5) is 11.5. The molecule has 0 aromatic heterocycles. The number of hydrazone groups is 1. The molecule has 2 N–H and O–H groups in total. The summed E-state index contributed by atoms with van der Waals surface area (Å²) in [6.45, 7) is 2.13. The van der Waals surface area contributed by atoms with Crippen molar-refractivity contribution in [2.24, 2.45) is 5.10 Å². The quantitative estimate of drug-likeness (QED) is 0.457. The molecule has 0 atom stereocenters. The van der Waals surface area contributed by atoms with Gasteiger partial charge in [0.2, 0.25) is 5.91 Å². The molecule has 0 saturated carbocycles. The average Bonchev–Trinajstić information content (AvgIpc) is 2.39. The number of unbranched alkanes of at least 4 members (excludes halogenated alkanes) is 3. The van der Waals surface area contributed by atoms with E-state index in [1.165, 1.54) is 6.21 Å². The summed E-state index contributed by atoms with van der Waals surface area (Å²) in [6.07, 6.45) is 6.19. The lowest BCUT2D eigenvalue weighted by Gasteiger charge is -2.01. The highest BCUT2D eigenvalue weighted by molar-refractivity contribution is 9.10. The van der Waals surface area contributed by atoms with Crippen molar-refractivity contribution in [3.63, 3.8) is 0 Å². The largest absolute Gasteiger partial charge is 0.507 e. The molecule has 0 spiro atoms. The van der Waals surface area contributed by atoms with Crippen LogP contribution < -0.4 is 5.43 Å². The second-order valence-corrected chi connectivity index (χ2v) is 5.22. The SMILES string of the molecule is CCCCCCC(=O)N/N=C\c1cc(Br)ccc1O. The van der Waals surface area contributed by atoms with Gasteiger partial charge in [0.1, 0.15) is 5.75 Å². The highest BCUT2D eigenvalue weighted by Crippen LogP contribution is 2.19. The molecule has 0 unspecified atom stereocenters. The van der Waals surface area contributed by atoms with Crippen molar-refractivity contribution in [2.75, 3.05) is 0 Å². The van der Waals surface area contributed by atoms with Gasteiger partial charge in [0, 0.05) is 16.5 Å². The van der Waals surface area contributed by atoms with E-state index < -0.39 is 0 Å². The lowest BCUT2D eigenvalue weighted by Crippen LogP contribution is -2.16. The standard InChI is InChI=1S/C14H19BrN2O2/c1-2-3-4-5-6-14(19)17-16-10-11-9-12(15)7-8-13(11)18/h7-10,18H,2-6H2,1H3,(H,17,19)/b16-10-. The van der Waals surface area contributed by atoms with Crippen LogP contribution in [0.15, 0.2) is 27.8 Å². The number of nitrogens with one attached hydrogen (secondary N) is 1. The Kier molecular flexibility index (Phi) is 7.18. The van der Waals surface area contributed by atoms with Gasteiger partial charge in [0.15, 0.2) is 0 Å². The second-order valence-electron chi connectivity index (χ2n) is 4.31. The summed E-state index contributed by atoms with van der Waals surface area (Å²) in [7, 11) is 0. The van der Waals surface area contributed by atoms with E-state index in [4.69, 9.17) is 0 Å². The molecule has 1 aromatic carbocycles. The Hall–Kier alpha value is -1.36. The number of carbonyl (C=O) groups is 1. The number of nitrogens with zero attached hydrogens (tertiary/aromatic N) is 1. The molecule has 0 fully saturated rings. The Morgan fingerprint density at radius 3 is 2.95 bits per heavy atom. The minimum atomic E-state index is -0.0955. The van der Waals surface area contributed by atoms with Crippen LogP contribution in [0.2, 0.25) is 0 Å². The fourth-order valence-electron chi connectivity index (χ4n) is 1.57. The number of rotatable bonds is 7. The maximum Gasteiger partial charge on any atom is 0.240 e. The van der Waals surface area contributed by atoms with E-state index in [-0.39, 0.29) is 11.7 Å². The molecular weight excluding hydrogens is 308 g/mol. The van der Waals surface area contributed by atoms with Gasteiger partial charge in [0.25, 0.3) is 0 Å². The van der Waals surface area contributed by atoms with Crippen LogP contribution in [0, 0.1) is 0 Å². The van der Waals surface area contributed by atoms with Crippen LogP contribution in [0.3, 0.4) is 0 Å². The number of hydrogen-bond donors (Lipinski definition) is 2. The van der Waals surface area contributed by atoms with E-state index in [0.717, 1.165) is 30.2 Å². The molecule has 4 nitrogen and oxygen atoms in total. The molecule has 104 valence electrons. The first-order chi connectivity index (χ1) is 9.13. The third-order valence-corrected chi connectivity index (χ3v) is 3.13. The van der Waals surface area contributed by atoms with Crippen LogP contribution in [0.25, 0.3) is 0 Å². The lowest BCUT2D eigenvalue weighted by atomic mass is 10.1. The number of phenolic OH excluding ortho intramolecular Hbond substituents is 1. The van der Waals surface area contributed by atoms with Gasteiger partial charge in [-0.25, -0.2) is 5.43 Å². The average molecular weight is 327 g/mol. The van der Waals surface area contributed by atoms with Crippen molar-refractivity contribution in [1.82, 2.24) is 5.43 Å². The van der Waals surface area contributed by atoms with Crippen molar-refractivity contribution in [1.29, 1.82) is 0 Å². The van der Waals surface area contributed by atoms with Gasteiger partial charge in [-0.2, -0.15) is 5.10 Å². The minimum absolute atomic E-state index is 0.0955. The molecule has 0 saturated heterocycles. The van der Waals surface area contributed by atoms with E-state index in [2.05, 4.69) is 33.4 Å². The van der Waals surface area contributed by atoms with Gasteiger partial charge < -0.3 is 5.11 Å². The van der Waals surface area contributed by atoms with E-state index in [1.807, 2.05) is 0 Å². The van der Waals surface area contributed by atoms with Gasteiger partial charge in [-0.05, 0) is 24.6 Å². The molecule has 1 amide bonds. The summed E-state index contributed by atoms with van der Waals surface area (Å²) in [5, 5.41) is 13.4. The van der Waals surface area contributed by atoms with Crippen LogP contribution in [0.1, 0.15) is 44.6 Å². The number of carbonyl (C=O) groups excluding carboxylic acids is 1. The number of halogens is 1. The number of aromatic hydroxyl groups is 1. The smallest absolute Gasteiger partial charge is 0.240 e. The number of benzene rings is 1. The van der Waals surface area contributed by atoms with Gasteiger partial charge in [-0.15, -0.1) is 0 Å². The first-order valence-electron chi connectivity index (χ1n) is 6.44. The van der Waals surface area contributed by atoms with Crippen LogP contribution >= 0.6 is 15.9 Å². The summed E-state index contributed by atoms with van der Waals surface area (Å²) < 4.78 is 0.845. The molecule has 0 bridgehead atoms. The summed E-state index contributed by atoms with van der Waals surface area (Å²) in [5.74, 6) is 0.0333. The van der Waals surface area contributed by atoms with Gasteiger partial charge in [-0.1, -0.05) is 42.1 Å². The topological polar surface area (TPSA) is 61.7 Å². The molecular formula is C14H19BrN2O2. The third-order valence-electron chi connectivity index (χ3n) is 2.64. The van der Waals surface area contributed by atoms with Crippen molar-refractivity contribution < 1.29 is 9.90 Å². The zero-order valence-corrected chi connectivity index (χ0v) is 12.6.